The van der Waals surface area contributed by atoms with Crippen LogP contribution in [0.1, 0.15) is 12.5 Å². The molecule has 0 fully saturated rings. The molecular formula is C16H16N4O. The Morgan fingerprint density at radius 1 is 1.19 bits per heavy atom. The van der Waals surface area contributed by atoms with Crippen molar-refractivity contribution in [1.82, 2.24) is 14.8 Å². The third kappa shape index (κ3) is 2.63. The van der Waals surface area contributed by atoms with Gasteiger partial charge in [0.25, 0.3) is 0 Å². The van der Waals surface area contributed by atoms with Gasteiger partial charge in [-0.05, 0) is 25.1 Å². The van der Waals surface area contributed by atoms with Gasteiger partial charge in [0.15, 0.2) is 0 Å². The Labute approximate surface area is 122 Å². The summed E-state index contributed by atoms with van der Waals surface area (Å²) in [6.45, 7) is 3.41. The monoisotopic (exact) mass is 280 g/mol. The van der Waals surface area contributed by atoms with E-state index in [2.05, 4.69) is 15.4 Å². The van der Waals surface area contributed by atoms with Gasteiger partial charge >= 0.3 is 0 Å². The van der Waals surface area contributed by atoms with Gasteiger partial charge in [0.2, 0.25) is 5.43 Å². The van der Waals surface area contributed by atoms with Gasteiger partial charge in [-0.15, -0.1) is 0 Å². The quantitative estimate of drug-likeness (QED) is 0.796. The highest BCUT2D eigenvalue weighted by Crippen LogP contribution is 2.15. The van der Waals surface area contributed by atoms with Gasteiger partial charge in [-0.1, -0.05) is 18.2 Å². The molecule has 21 heavy (non-hydrogen) atoms. The summed E-state index contributed by atoms with van der Waals surface area (Å²) < 4.78 is 1.83. The Bertz CT molecular complexity index is 826. The molecule has 0 aliphatic carbocycles. The van der Waals surface area contributed by atoms with Crippen LogP contribution < -0.4 is 10.7 Å². The standard InChI is InChI=1S/C16H16N4O/c1-2-17-16-12(6-5-9-18-16)11-20-14-8-4-3-7-13(14)15(21)10-19-20/h3-10H,2,11H2,1H3,(H,17,18). The van der Waals surface area contributed by atoms with E-state index < -0.39 is 0 Å². The van der Waals surface area contributed by atoms with Crippen LogP contribution in [0.3, 0.4) is 0 Å². The molecule has 1 N–H and O–H groups in total. The summed E-state index contributed by atoms with van der Waals surface area (Å²) >= 11 is 0. The fourth-order valence-electron chi connectivity index (χ4n) is 2.34. The highest BCUT2D eigenvalue weighted by atomic mass is 16.1. The maximum Gasteiger partial charge on any atom is 0.207 e. The van der Waals surface area contributed by atoms with Crippen LogP contribution in [0.25, 0.3) is 10.9 Å². The molecule has 0 unspecified atom stereocenters. The minimum atomic E-state index is -0.0556. The van der Waals surface area contributed by atoms with E-state index in [1.54, 1.807) is 6.20 Å². The first kappa shape index (κ1) is 13.3. The van der Waals surface area contributed by atoms with Crippen LogP contribution in [0.5, 0.6) is 0 Å². The number of para-hydroxylation sites is 1. The molecule has 0 saturated heterocycles. The van der Waals surface area contributed by atoms with E-state index in [1.807, 2.05) is 48.0 Å². The zero-order valence-electron chi connectivity index (χ0n) is 11.8. The number of anilines is 1. The molecule has 0 bridgehead atoms. The molecule has 0 atom stereocenters. The molecule has 0 radical (unpaired) electrons. The van der Waals surface area contributed by atoms with Crippen molar-refractivity contribution in [2.75, 3.05) is 11.9 Å². The third-order valence-electron chi connectivity index (χ3n) is 3.32. The van der Waals surface area contributed by atoms with Crippen molar-refractivity contribution in [1.29, 1.82) is 0 Å². The largest absolute Gasteiger partial charge is 0.370 e. The molecule has 1 aromatic carbocycles. The molecule has 106 valence electrons. The first-order valence-corrected chi connectivity index (χ1v) is 6.92. The molecule has 0 aliphatic heterocycles. The van der Waals surface area contributed by atoms with Crippen LogP contribution >= 0.6 is 0 Å². The summed E-state index contributed by atoms with van der Waals surface area (Å²) in [7, 11) is 0. The predicted molar refractivity (Wildman–Crippen MR) is 83.5 cm³/mol. The Kier molecular flexibility index (Phi) is 3.64. The molecule has 5 heteroatoms. The number of rotatable bonds is 4. The van der Waals surface area contributed by atoms with Crippen molar-refractivity contribution in [3.05, 3.63) is 64.6 Å². The second-order valence-corrected chi connectivity index (χ2v) is 4.73. The zero-order valence-corrected chi connectivity index (χ0v) is 11.8. The average Bonchev–Trinajstić information content (AvgIpc) is 2.52. The van der Waals surface area contributed by atoms with Crippen LogP contribution in [0, 0.1) is 0 Å². The first-order valence-electron chi connectivity index (χ1n) is 6.92. The molecule has 2 heterocycles. The molecule has 5 nitrogen and oxygen atoms in total. The first-order chi connectivity index (χ1) is 10.3. The van der Waals surface area contributed by atoms with Gasteiger partial charge in [-0.25, -0.2) is 4.98 Å². The molecule has 0 amide bonds. The minimum Gasteiger partial charge on any atom is -0.370 e. The number of hydrogen-bond donors (Lipinski definition) is 1. The van der Waals surface area contributed by atoms with Gasteiger partial charge in [-0.2, -0.15) is 5.10 Å². The van der Waals surface area contributed by atoms with Gasteiger partial charge in [0.1, 0.15) is 5.82 Å². The topological polar surface area (TPSA) is 59.8 Å². The Hall–Kier alpha value is -2.69. The summed E-state index contributed by atoms with van der Waals surface area (Å²) in [5.74, 6) is 0.851. The summed E-state index contributed by atoms with van der Waals surface area (Å²) in [5.41, 5.74) is 1.82. The maximum atomic E-state index is 11.9. The van der Waals surface area contributed by atoms with Crippen molar-refractivity contribution in [3.63, 3.8) is 0 Å². The minimum absolute atomic E-state index is 0.0556. The van der Waals surface area contributed by atoms with E-state index in [0.29, 0.717) is 11.9 Å². The van der Waals surface area contributed by atoms with E-state index in [9.17, 15) is 4.79 Å². The van der Waals surface area contributed by atoms with Gasteiger partial charge in [-0.3, -0.25) is 9.48 Å². The van der Waals surface area contributed by atoms with E-state index >= 15 is 0 Å². The number of benzene rings is 1. The van der Waals surface area contributed by atoms with Crippen molar-refractivity contribution in [3.8, 4) is 0 Å². The normalized spacial score (nSPS) is 10.7. The predicted octanol–water partition coefficient (Wildman–Crippen LogP) is 2.27. The highest BCUT2D eigenvalue weighted by molar-refractivity contribution is 5.78. The second-order valence-electron chi connectivity index (χ2n) is 4.73. The van der Waals surface area contributed by atoms with E-state index in [-0.39, 0.29) is 5.43 Å². The number of nitrogens with zero attached hydrogens (tertiary/aromatic N) is 3. The Morgan fingerprint density at radius 2 is 2.05 bits per heavy atom. The number of aromatic nitrogens is 3. The SMILES string of the molecule is CCNc1ncccc1Cn1ncc(=O)c2ccccc21. The van der Waals surface area contributed by atoms with Crippen molar-refractivity contribution >= 4 is 16.7 Å². The lowest BCUT2D eigenvalue weighted by Crippen LogP contribution is -2.14. The van der Waals surface area contributed by atoms with E-state index in [1.165, 1.54) is 6.20 Å². The fraction of sp³-hybridized carbons (Fsp3) is 0.188. The molecule has 0 saturated carbocycles. The number of fused-ring (bicyclic) bond motifs is 1. The lowest BCUT2D eigenvalue weighted by Gasteiger charge is -2.12. The van der Waals surface area contributed by atoms with Crippen LogP contribution in [0.2, 0.25) is 0 Å². The fourth-order valence-corrected chi connectivity index (χ4v) is 2.34. The van der Waals surface area contributed by atoms with Crippen LogP contribution in [-0.2, 0) is 6.54 Å². The van der Waals surface area contributed by atoms with Crippen molar-refractivity contribution < 1.29 is 0 Å². The maximum absolute atomic E-state index is 11.9. The Morgan fingerprint density at radius 3 is 2.90 bits per heavy atom. The van der Waals surface area contributed by atoms with Gasteiger partial charge in [0.05, 0.1) is 18.3 Å². The summed E-state index contributed by atoms with van der Waals surface area (Å²) in [6, 6.07) is 11.4. The number of hydrogen-bond acceptors (Lipinski definition) is 4. The lowest BCUT2D eigenvalue weighted by molar-refractivity contribution is 0.693. The molecule has 2 aromatic heterocycles. The van der Waals surface area contributed by atoms with Crippen molar-refractivity contribution in [2.45, 2.75) is 13.5 Å². The van der Waals surface area contributed by atoms with Crippen molar-refractivity contribution in [2.24, 2.45) is 0 Å². The Balaban J connectivity index is 2.07. The van der Waals surface area contributed by atoms with Crippen LogP contribution in [0.15, 0.2) is 53.6 Å². The van der Waals surface area contributed by atoms with Gasteiger partial charge in [0, 0.05) is 23.7 Å². The smallest absolute Gasteiger partial charge is 0.207 e. The van der Waals surface area contributed by atoms with Gasteiger partial charge < -0.3 is 5.32 Å². The summed E-state index contributed by atoms with van der Waals surface area (Å²) in [4.78, 5) is 16.2. The number of pyridine rings is 1. The van der Waals surface area contributed by atoms with Crippen LogP contribution in [-0.4, -0.2) is 21.3 Å². The lowest BCUT2D eigenvalue weighted by atomic mass is 10.2. The molecule has 0 spiro atoms. The summed E-state index contributed by atoms with van der Waals surface area (Å²) in [5, 5.41) is 8.18. The second kappa shape index (κ2) is 5.75. The highest BCUT2D eigenvalue weighted by Gasteiger charge is 2.07. The summed E-state index contributed by atoms with van der Waals surface area (Å²) in [6.07, 6.45) is 3.13. The average molecular weight is 280 g/mol. The van der Waals surface area contributed by atoms with Crippen LogP contribution in [0.4, 0.5) is 5.82 Å². The molecular weight excluding hydrogens is 264 g/mol. The number of nitrogens with one attached hydrogen (secondary N) is 1. The molecule has 3 aromatic rings. The molecule has 3 rings (SSSR count). The molecule has 0 aliphatic rings. The van der Waals surface area contributed by atoms with E-state index in [0.717, 1.165) is 23.4 Å². The zero-order chi connectivity index (χ0) is 14.7. The third-order valence-corrected chi connectivity index (χ3v) is 3.32. The van der Waals surface area contributed by atoms with E-state index in [4.69, 9.17) is 0 Å².